The van der Waals surface area contributed by atoms with Crippen molar-refractivity contribution in [1.82, 2.24) is 19.8 Å². The number of fused-ring (bicyclic) bond motifs is 1. The number of piperidine rings is 1. The van der Waals surface area contributed by atoms with Gasteiger partial charge in [0.05, 0.1) is 17.6 Å². The lowest BCUT2D eigenvalue weighted by Gasteiger charge is -2.42. The van der Waals surface area contributed by atoms with Crippen molar-refractivity contribution in [1.29, 1.82) is 0 Å². The third-order valence-electron chi connectivity index (χ3n) is 7.19. The molecule has 176 valence electrons. The molecule has 9 heteroatoms. The minimum atomic E-state index is 0.0619. The van der Waals surface area contributed by atoms with E-state index in [-0.39, 0.29) is 24.0 Å². The Labute approximate surface area is 200 Å². The van der Waals surface area contributed by atoms with Gasteiger partial charge in [0.2, 0.25) is 0 Å². The van der Waals surface area contributed by atoms with Crippen LogP contribution in [0.4, 0.5) is 0 Å². The van der Waals surface area contributed by atoms with Crippen LogP contribution in [-0.4, -0.2) is 76.4 Å². The number of nitrogens with two attached hydrogens (primary N) is 2. The van der Waals surface area contributed by atoms with Crippen molar-refractivity contribution in [2.75, 3.05) is 26.7 Å². The van der Waals surface area contributed by atoms with Gasteiger partial charge in [-0.05, 0) is 62.8 Å². The summed E-state index contributed by atoms with van der Waals surface area (Å²) < 4.78 is 0. The molecule has 0 saturated carbocycles. The number of amidine groups is 1. The number of likely N-dealkylation sites (N-methyl/N-ethyl adjacent to an activating group) is 1. The highest BCUT2D eigenvalue weighted by Gasteiger charge is 2.41. The van der Waals surface area contributed by atoms with Crippen molar-refractivity contribution in [3.63, 3.8) is 0 Å². The van der Waals surface area contributed by atoms with Crippen LogP contribution in [-0.2, 0) is 0 Å². The lowest BCUT2D eigenvalue weighted by molar-refractivity contribution is 0.0162. The second-order valence-electron chi connectivity index (χ2n) is 9.35. The molecule has 4 N–H and O–H groups in total. The first-order valence-corrected chi connectivity index (χ1v) is 12.6. The number of nitrogens with zero attached hydrogens (tertiary/aromatic N) is 5. The molecule has 2 saturated heterocycles. The van der Waals surface area contributed by atoms with Crippen molar-refractivity contribution in [2.45, 2.75) is 55.6 Å². The van der Waals surface area contributed by atoms with Crippen molar-refractivity contribution < 1.29 is 4.79 Å². The van der Waals surface area contributed by atoms with Crippen LogP contribution in [0.15, 0.2) is 57.8 Å². The van der Waals surface area contributed by atoms with E-state index in [9.17, 15) is 4.79 Å². The second-order valence-corrected chi connectivity index (χ2v) is 10.0. The normalized spacial score (nSPS) is 27.9. The Morgan fingerprint density at radius 3 is 2.76 bits per heavy atom. The number of aliphatic imine (C=N–C) groups is 1. The number of hydrazine groups is 1. The summed E-state index contributed by atoms with van der Waals surface area (Å²) in [6, 6.07) is 7.98. The fourth-order valence-electron chi connectivity index (χ4n) is 5.45. The molecule has 3 atom stereocenters. The van der Waals surface area contributed by atoms with Crippen LogP contribution >= 0.6 is 11.9 Å². The Hall–Kier alpha value is -2.33. The Morgan fingerprint density at radius 1 is 1.18 bits per heavy atom. The van der Waals surface area contributed by atoms with Crippen molar-refractivity contribution in [2.24, 2.45) is 15.9 Å². The van der Waals surface area contributed by atoms with Gasteiger partial charge in [-0.3, -0.25) is 14.9 Å². The molecule has 0 radical (unpaired) electrons. The smallest absolute Gasteiger partial charge is 0.255 e. The molecule has 1 amide bonds. The van der Waals surface area contributed by atoms with Gasteiger partial charge in [-0.15, -0.1) is 0 Å². The Kier molecular flexibility index (Phi) is 6.22. The van der Waals surface area contributed by atoms with Crippen LogP contribution in [0.1, 0.15) is 43.0 Å². The van der Waals surface area contributed by atoms with Gasteiger partial charge in [-0.1, -0.05) is 12.1 Å². The molecule has 1 aromatic carbocycles. The number of benzene rings is 1. The maximum Gasteiger partial charge on any atom is 0.255 e. The zero-order chi connectivity index (χ0) is 23.1. The largest absolute Gasteiger partial charge is 0.355 e. The predicted molar refractivity (Wildman–Crippen MR) is 132 cm³/mol. The molecule has 3 unspecified atom stereocenters. The van der Waals surface area contributed by atoms with Gasteiger partial charge in [0.15, 0.2) is 0 Å². The molecule has 0 aliphatic carbocycles. The molecular formula is C24H33N7OS. The summed E-state index contributed by atoms with van der Waals surface area (Å²) in [5.74, 6) is 2.01. The summed E-state index contributed by atoms with van der Waals surface area (Å²) in [6.45, 7) is 4.66. The van der Waals surface area contributed by atoms with Gasteiger partial charge in [-0.25, -0.2) is 10.0 Å². The summed E-state index contributed by atoms with van der Waals surface area (Å²) in [7, 11) is 2.09. The monoisotopic (exact) mass is 467 g/mol. The Morgan fingerprint density at radius 2 is 2.00 bits per heavy atom. The minimum absolute atomic E-state index is 0.0619. The van der Waals surface area contributed by atoms with E-state index >= 15 is 0 Å². The predicted octanol–water partition coefficient (Wildman–Crippen LogP) is 2.37. The van der Waals surface area contributed by atoms with Crippen LogP contribution in [0, 0.1) is 0 Å². The first-order chi connectivity index (χ1) is 16.0. The van der Waals surface area contributed by atoms with Crippen molar-refractivity contribution >= 4 is 23.7 Å². The van der Waals surface area contributed by atoms with Gasteiger partial charge >= 0.3 is 0 Å². The molecule has 1 aromatic rings. The average Bonchev–Trinajstić information content (AvgIpc) is 3.41. The van der Waals surface area contributed by atoms with E-state index < -0.39 is 0 Å². The zero-order valence-corrected chi connectivity index (χ0v) is 20.2. The fourth-order valence-corrected chi connectivity index (χ4v) is 5.89. The average molecular weight is 468 g/mol. The van der Waals surface area contributed by atoms with E-state index in [0.29, 0.717) is 5.56 Å². The minimum Gasteiger partial charge on any atom is -0.355 e. The van der Waals surface area contributed by atoms with Gasteiger partial charge in [0.1, 0.15) is 11.7 Å². The van der Waals surface area contributed by atoms with Crippen LogP contribution in [0.5, 0.6) is 0 Å². The van der Waals surface area contributed by atoms with Gasteiger partial charge in [-0.2, -0.15) is 0 Å². The highest BCUT2D eigenvalue weighted by atomic mass is 32.2. The second kappa shape index (κ2) is 9.13. The van der Waals surface area contributed by atoms with Gasteiger partial charge in [0, 0.05) is 49.4 Å². The standard InChI is InChI=1S/C24H33N7OS/c1-16-14-31-22(27-23(16)29-12-10-17(25)15-29)13-20(28(31)2)19-8-5-6-11-30(19)24(32)18-7-3-4-9-21(18)33-26/h3-4,7,9,13-14,17,19-20H,5-6,8,10-12,15,25-26H2,1-2H3. The molecule has 8 nitrogen and oxygen atoms in total. The number of hydrogen-bond donors (Lipinski definition) is 2. The number of carbonyl (C=O) groups is 1. The lowest BCUT2D eigenvalue weighted by atomic mass is 9.94. The lowest BCUT2D eigenvalue weighted by Crippen LogP contribution is -2.54. The van der Waals surface area contributed by atoms with Crippen LogP contribution in [0.3, 0.4) is 0 Å². The third kappa shape index (κ3) is 4.07. The topological polar surface area (TPSA) is 94.4 Å². The highest BCUT2D eigenvalue weighted by molar-refractivity contribution is 7.97. The third-order valence-corrected chi connectivity index (χ3v) is 7.80. The molecule has 0 spiro atoms. The zero-order valence-electron chi connectivity index (χ0n) is 19.4. The molecule has 4 aliphatic heterocycles. The van der Waals surface area contributed by atoms with Crippen molar-refractivity contribution in [3.05, 3.63) is 53.5 Å². The number of hydrogen-bond acceptors (Lipinski definition) is 8. The van der Waals surface area contributed by atoms with Crippen LogP contribution in [0.25, 0.3) is 0 Å². The summed E-state index contributed by atoms with van der Waals surface area (Å²) in [5.41, 5.74) is 7.96. The Balaban J connectivity index is 1.43. The van der Waals surface area contributed by atoms with E-state index in [4.69, 9.17) is 15.9 Å². The van der Waals surface area contributed by atoms with E-state index in [0.717, 1.165) is 79.4 Å². The summed E-state index contributed by atoms with van der Waals surface area (Å²) in [4.78, 5) is 23.8. The van der Waals surface area contributed by atoms with E-state index in [1.165, 1.54) is 0 Å². The Bertz CT molecular complexity index is 1020. The van der Waals surface area contributed by atoms with E-state index in [1.54, 1.807) is 0 Å². The maximum atomic E-state index is 13.6. The molecule has 33 heavy (non-hydrogen) atoms. The van der Waals surface area contributed by atoms with E-state index in [2.05, 4.69) is 46.1 Å². The molecule has 2 fully saturated rings. The van der Waals surface area contributed by atoms with Gasteiger partial charge in [0.25, 0.3) is 5.91 Å². The number of carbonyl (C=O) groups excluding carboxylic acids is 1. The molecule has 0 bridgehead atoms. The fraction of sp³-hybridized carbons (Fsp3) is 0.500. The van der Waals surface area contributed by atoms with Crippen LogP contribution < -0.4 is 10.9 Å². The molecule has 4 heterocycles. The van der Waals surface area contributed by atoms with Gasteiger partial charge < -0.3 is 15.5 Å². The molecular weight excluding hydrogens is 434 g/mol. The summed E-state index contributed by atoms with van der Waals surface area (Å²) in [6.07, 6.45) is 8.49. The molecule has 5 rings (SSSR count). The maximum absolute atomic E-state index is 13.6. The summed E-state index contributed by atoms with van der Waals surface area (Å²) in [5, 5.41) is 10.2. The SMILES string of the molecule is CC1=CN2C(=CC(C3CCCCN3C(=O)c3ccccc3SN)N2C)N=C1N1CCC(N)C1. The van der Waals surface area contributed by atoms with E-state index in [1.807, 2.05) is 24.3 Å². The quantitative estimate of drug-likeness (QED) is 0.659. The number of amides is 1. The highest BCUT2D eigenvalue weighted by Crippen LogP contribution is 2.35. The van der Waals surface area contributed by atoms with Crippen LogP contribution in [0.2, 0.25) is 0 Å². The van der Waals surface area contributed by atoms with Crippen molar-refractivity contribution in [3.8, 4) is 0 Å². The summed E-state index contributed by atoms with van der Waals surface area (Å²) >= 11 is 1.13. The molecule has 0 aromatic heterocycles. The first-order valence-electron chi connectivity index (χ1n) is 11.8. The number of likely N-dealkylation sites (tertiary alicyclic amines) is 2. The molecule has 4 aliphatic rings. The number of rotatable bonds is 3. The first kappa shape index (κ1) is 22.5.